The lowest BCUT2D eigenvalue weighted by molar-refractivity contribution is 0.240. The van der Waals surface area contributed by atoms with Gasteiger partial charge in [-0.15, -0.1) is 0 Å². The van der Waals surface area contributed by atoms with Gasteiger partial charge in [-0.3, -0.25) is 4.90 Å². The smallest absolute Gasteiger partial charge is 0.120 e. The average molecular weight is 315 g/mol. The molecule has 0 aliphatic heterocycles. The summed E-state index contributed by atoms with van der Waals surface area (Å²) in [5.41, 5.74) is 0.969. The van der Waals surface area contributed by atoms with Gasteiger partial charge in [0.15, 0.2) is 0 Å². The van der Waals surface area contributed by atoms with Crippen LogP contribution >= 0.6 is 15.9 Å². The highest BCUT2D eigenvalue weighted by Crippen LogP contribution is 2.30. The minimum absolute atomic E-state index is 0.213. The van der Waals surface area contributed by atoms with Crippen molar-refractivity contribution in [2.45, 2.75) is 19.4 Å². The van der Waals surface area contributed by atoms with Crippen molar-refractivity contribution in [3.63, 3.8) is 0 Å². The predicted molar refractivity (Wildman–Crippen MR) is 80.0 cm³/mol. The number of halogens is 1. The Morgan fingerprint density at radius 3 is 2.50 bits per heavy atom. The van der Waals surface area contributed by atoms with Crippen molar-refractivity contribution in [3.05, 3.63) is 28.2 Å². The van der Waals surface area contributed by atoms with Crippen LogP contribution in [0.25, 0.3) is 0 Å². The van der Waals surface area contributed by atoms with E-state index >= 15 is 0 Å². The molecule has 0 aliphatic rings. The van der Waals surface area contributed by atoms with Gasteiger partial charge in [0.2, 0.25) is 0 Å². The third kappa shape index (κ3) is 4.59. The van der Waals surface area contributed by atoms with Crippen molar-refractivity contribution in [3.8, 4) is 5.75 Å². The zero-order valence-corrected chi connectivity index (χ0v) is 13.2. The largest absolute Gasteiger partial charge is 0.508 e. The molecule has 0 radical (unpaired) electrons. The van der Waals surface area contributed by atoms with Gasteiger partial charge in [0.25, 0.3) is 0 Å². The van der Waals surface area contributed by atoms with Gasteiger partial charge in [-0.1, -0.05) is 15.9 Å². The molecule has 0 aliphatic carbocycles. The number of nitrogens with zero attached hydrogens (tertiary/aromatic N) is 2. The summed E-state index contributed by atoms with van der Waals surface area (Å²) in [5, 5.41) is 9.91. The Morgan fingerprint density at radius 2 is 1.89 bits per heavy atom. The molecule has 1 N–H and O–H groups in total. The Bertz CT molecular complexity index is 382. The Morgan fingerprint density at radius 1 is 1.22 bits per heavy atom. The first-order chi connectivity index (χ1) is 8.41. The maximum atomic E-state index is 9.91. The number of benzene rings is 1. The SMILES string of the molecule is CC(c1cc(Br)ccc1O)N(C)CCCN(C)C. The van der Waals surface area contributed by atoms with Gasteiger partial charge in [-0.2, -0.15) is 0 Å². The second-order valence-corrected chi connectivity index (χ2v) is 5.93. The van der Waals surface area contributed by atoms with E-state index < -0.39 is 0 Å². The van der Waals surface area contributed by atoms with Crippen LogP contribution < -0.4 is 0 Å². The quantitative estimate of drug-likeness (QED) is 0.874. The maximum absolute atomic E-state index is 9.91. The van der Waals surface area contributed by atoms with Crippen molar-refractivity contribution in [2.24, 2.45) is 0 Å². The molecule has 102 valence electrons. The minimum Gasteiger partial charge on any atom is -0.508 e. The van der Waals surface area contributed by atoms with E-state index in [2.05, 4.69) is 53.8 Å². The highest BCUT2D eigenvalue weighted by molar-refractivity contribution is 9.10. The van der Waals surface area contributed by atoms with E-state index in [-0.39, 0.29) is 6.04 Å². The van der Waals surface area contributed by atoms with Crippen molar-refractivity contribution < 1.29 is 5.11 Å². The van der Waals surface area contributed by atoms with Crippen molar-refractivity contribution in [1.82, 2.24) is 9.80 Å². The van der Waals surface area contributed by atoms with Gasteiger partial charge in [0.1, 0.15) is 5.75 Å². The van der Waals surface area contributed by atoms with E-state index in [1.165, 1.54) is 0 Å². The Hall–Kier alpha value is -0.580. The van der Waals surface area contributed by atoms with Crippen molar-refractivity contribution >= 4 is 15.9 Å². The summed E-state index contributed by atoms with van der Waals surface area (Å²) in [7, 11) is 6.27. The number of rotatable bonds is 6. The highest BCUT2D eigenvalue weighted by Gasteiger charge is 2.15. The van der Waals surface area contributed by atoms with Crippen molar-refractivity contribution in [1.29, 1.82) is 0 Å². The summed E-state index contributed by atoms with van der Waals surface area (Å²) in [5.74, 6) is 0.366. The third-order valence-corrected chi connectivity index (χ3v) is 3.71. The summed E-state index contributed by atoms with van der Waals surface area (Å²) >= 11 is 3.45. The van der Waals surface area contributed by atoms with Crippen LogP contribution in [-0.2, 0) is 0 Å². The van der Waals surface area contributed by atoms with Crippen LogP contribution in [0.5, 0.6) is 5.75 Å². The lowest BCUT2D eigenvalue weighted by atomic mass is 10.1. The second-order valence-electron chi connectivity index (χ2n) is 5.02. The van der Waals surface area contributed by atoms with Crippen LogP contribution in [0.3, 0.4) is 0 Å². The molecule has 1 unspecified atom stereocenters. The molecule has 4 heteroatoms. The molecule has 0 fully saturated rings. The van der Waals surface area contributed by atoms with Crippen LogP contribution in [0, 0.1) is 0 Å². The summed E-state index contributed by atoms with van der Waals surface area (Å²) in [6, 6.07) is 5.80. The molecule has 3 nitrogen and oxygen atoms in total. The Kier molecular flexibility index (Phi) is 6.12. The van der Waals surface area contributed by atoms with Gasteiger partial charge in [0.05, 0.1) is 0 Å². The van der Waals surface area contributed by atoms with E-state index in [1.807, 2.05) is 12.1 Å². The fourth-order valence-electron chi connectivity index (χ4n) is 1.93. The third-order valence-electron chi connectivity index (χ3n) is 3.22. The molecule has 18 heavy (non-hydrogen) atoms. The molecule has 1 atom stereocenters. The zero-order valence-electron chi connectivity index (χ0n) is 11.7. The fourth-order valence-corrected chi connectivity index (χ4v) is 2.31. The van der Waals surface area contributed by atoms with Crippen molar-refractivity contribution in [2.75, 3.05) is 34.2 Å². The van der Waals surface area contributed by atoms with E-state index in [1.54, 1.807) is 6.07 Å². The molecule has 0 heterocycles. The molecule has 0 aromatic heterocycles. The average Bonchev–Trinajstić information content (AvgIpc) is 2.30. The van der Waals surface area contributed by atoms with Crippen LogP contribution in [0.1, 0.15) is 24.9 Å². The minimum atomic E-state index is 0.213. The molecule has 0 amide bonds. The number of hydrogen-bond acceptors (Lipinski definition) is 3. The summed E-state index contributed by atoms with van der Waals surface area (Å²) in [6.07, 6.45) is 1.13. The van der Waals surface area contributed by atoms with Gasteiger partial charge < -0.3 is 10.0 Å². The normalized spacial score (nSPS) is 13.3. The van der Waals surface area contributed by atoms with Crippen LogP contribution in [-0.4, -0.2) is 49.1 Å². The molecule has 0 saturated carbocycles. The molecule has 1 aromatic rings. The lowest BCUT2D eigenvalue weighted by Gasteiger charge is -2.26. The Labute approximate surface area is 119 Å². The summed E-state index contributed by atoms with van der Waals surface area (Å²) in [4.78, 5) is 4.46. The van der Waals surface area contributed by atoms with E-state index in [0.717, 1.165) is 29.5 Å². The predicted octanol–water partition coefficient (Wildman–Crippen LogP) is 3.10. The summed E-state index contributed by atoms with van der Waals surface area (Å²) < 4.78 is 1.00. The molecule has 0 bridgehead atoms. The van der Waals surface area contributed by atoms with E-state index in [0.29, 0.717) is 5.75 Å². The first-order valence-electron chi connectivity index (χ1n) is 6.25. The standard InChI is InChI=1S/C14H23BrN2O/c1-11(17(4)9-5-8-16(2)3)13-10-12(15)6-7-14(13)18/h6-7,10-11,18H,5,8-9H2,1-4H3. The molecular weight excluding hydrogens is 292 g/mol. The van der Waals surface area contributed by atoms with Crippen LogP contribution in [0.2, 0.25) is 0 Å². The first-order valence-corrected chi connectivity index (χ1v) is 7.04. The van der Waals surface area contributed by atoms with Gasteiger partial charge in [-0.25, -0.2) is 0 Å². The first kappa shape index (κ1) is 15.5. The monoisotopic (exact) mass is 314 g/mol. The molecule has 0 spiro atoms. The van der Waals surface area contributed by atoms with Gasteiger partial charge in [-0.05, 0) is 65.8 Å². The molecule has 0 saturated heterocycles. The summed E-state index contributed by atoms with van der Waals surface area (Å²) in [6.45, 7) is 4.23. The molecule has 1 rings (SSSR count). The van der Waals surface area contributed by atoms with Crippen LogP contribution in [0.15, 0.2) is 22.7 Å². The molecular formula is C14H23BrN2O. The topological polar surface area (TPSA) is 26.7 Å². The maximum Gasteiger partial charge on any atom is 0.120 e. The highest BCUT2D eigenvalue weighted by atomic mass is 79.9. The number of phenolic OH excluding ortho intramolecular Hbond substituents is 1. The molecule has 1 aromatic carbocycles. The van der Waals surface area contributed by atoms with Gasteiger partial charge in [0, 0.05) is 16.1 Å². The van der Waals surface area contributed by atoms with E-state index in [4.69, 9.17) is 0 Å². The zero-order chi connectivity index (χ0) is 13.7. The number of aromatic hydroxyl groups is 1. The fraction of sp³-hybridized carbons (Fsp3) is 0.571. The number of hydrogen-bond donors (Lipinski definition) is 1. The second kappa shape index (κ2) is 7.12. The lowest BCUT2D eigenvalue weighted by Crippen LogP contribution is -2.26. The Balaban J connectivity index is 2.62. The van der Waals surface area contributed by atoms with Crippen LogP contribution in [0.4, 0.5) is 0 Å². The number of phenols is 1. The van der Waals surface area contributed by atoms with Gasteiger partial charge >= 0.3 is 0 Å². The van der Waals surface area contributed by atoms with E-state index in [9.17, 15) is 5.11 Å².